The fourth-order valence-electron chi connectivity index (χ4n) is 1.96. The second-order valence-corrected chi connectivity index (χ2v) is 11.6. The van der Waals surface area contributed by atoms with Crippen molar-refractivity contribution in [1.82, 2.24) is 0 Å². The Bertz CT molecular complexity index is 365. The second kappa shape index (κ2) is 8.78. The molecule has 0 radical (unpaired) electrons. The van der Waals surface area contributed by atoms with Crippen molar-refractivity contribution in [2.45, 2.75) is 60.3 Å². The van der Waals surface area contributed by atoms with Gasteiger partial charge in [0.1, 0.15) is 0 Å². The molecule has 123 valence electrons. The summed E-state index contributed by atoms with van der Waals surface area (Å²) in [5, 5.41) is 0. The first-order chi connectivity index (χ1) is 9.75. The van der Waals surface area contributed by atoms with Gasteiger partial charge >= 0.3 is 128 Å². The zero-order chi connectivity index (χ0) is 16.5. The van der Waals surface area contributed by atoms with E-state index in [0.29, 0.717) is 12.8 Å². The zero-order valence-electron chi connectivity index (χ0n) is 13.7. The van der Waals surface area contributed by atoms with Crippen molar-refractivity contribution in [3.63, 3.8) is 0 Å². The topological polar surface area (TPSA) is 78.9 Å². The summed E-state index contributed by atoms with van der Waals surface area (Å²) in [4.78, 5) is 36.1. The molecule has 0 spiro atoms. The molecular formula is C14H27O6Ti. The Morgan fingerprint density at radius 2 is 1.19 bits per heavy atom. The van der Waals surface area contributed by atoms with E-state index in [4.69, 9.17) is 9.96 Å². The summed E-state index contributed by atoms with van der Waals surface area (Å²) in [5.74, 6) is -0.731. The van der Waals surface area contributed by atoms with E-state index in [0.717, 1.165) is 19.8 Å². The molecule has 0 unspecified atom stereocenters. The molecule has 0 aliphatic heterocycles. The maximum absolute atomic E-state index is 12.3. The number of hydrogen-bond donors (Lipinski definition) is 0. The minimum absolute atomic E-state index is 0.159. The van der Waals surface area contributed by atoms with Gasteiger partial charge in [0.05, 0.1) is 0 Å². The molecule has 0 aliphatic rings. The predicted molar refractivity (Wildman–Crippen MR) is 74.8 cm³/mol. The first-order valence-corrected chi connectivity index (χ1v) is 10.9. The van der Waals surface area contributed by atoms with Crippen LogP contribution in [0.25, 0.3) is 0 Å². The maximum atomic E-state index is 12.3. The van der Waals surface area contributed by atoms with E-state index in [1.807, 2.05) is 13.8 Å². The van der Waals surface area contributed by atoms with Gasteiger partial charge < -0.3 is 0 Å². The average molecular weight is 339 g/mol. The van der Waals surface area contributed by atoms with Crippen LogP contribution in [0.15, 0.2) is 0 Å². The number of rotatable bonds is 11. The summed E-state index contributed by atoms with van der Waals surface area (Å²) in [7, 11) is 0. The molecule has 21 heavy (non-hydrogen) atoms. The third-order valence-electron chi connectivity index (χ3n) is 3.27. The Hall–Kier alpha value is -0.556. The van der Waals surface area contributed by atoms with Crippen LogP contribution in [-0.4, -0.2) is 27.4 Å². The van der Waals surface area contributed by atoms with Crippen LogP contribution in [0.2, 0.25) is 0 Å². The number of carbonyl (C=O) groups excluding carboxylic acids is 3. The molecule has 0 N–H and O–H groups in total. The summed E-state index contributed by atoms with van der Waals surface area (Å²) in [6.45, 7) is 7.80. The van der Waals surface area contributed by atoms with Crippen molar-refractivity contribution in [3.05, 3.63) is 0 Å². The van der Waals surface area contributed by atoms with E-state index >= 15 is 0 Å². The molecule has 0 saturated heterocycles. The van der Waals surface area contributed by atoms with Crippen LogP contribution in [0.5, 0.6) is 0 Å². The Morgan fingerprint density at radius 1 is 0.810 bits per heavy atom. The van der Waals surface area contributed by atoms with Gasteiger partial charge in [-0.05, 0) is 0 Å². The monoisotopic (exact) mass is 339 g/mol. The third-order valence-corrected chi connectivity index (χ3v) is 10.4. The van der Waals surface area contributed by atoms with Crippen molar-refractivity contribution >= 4 is 14.1 Å². The van der Waals surface area contributed by atoms with Crippen LogP contribution in [0.1, 0.15) is 60.3 Å². The van der Waals surface area contributed by atoms with Gasteiger partial charge in [0.2, 0.25) is 0 Å². The van der Waals surface area contributed by atoms with Gasteiger partial charge in [-0.2, -0.15) is 0 Å². The van der Waals surface area contributed by atoms with Gasteiger partial charge in [0, 0.05) is 0 Å². The average Bonchev–Trinajstić information content (AvgIpc) is 2.37. The molecule has 0 aromatic carbocycles. The van der Waals surface area contributed by atoms with Crippen molar-refractivity contribution < 1.29 is 40.8 Å². The summed E-state index contributed by atoms with van der Waals surface area (Å²) < 4.78 is 15.4. The fraction of sp³-hybridized carbons (Fsp3) is 0.786. The Morgan fingerprint density at radius 3 is 1.43 bits per heavy atom. The fourth-order valence-corrected chi connectivity index (χ4v) is 7.19. The molecule has 0 bridgehead atoms. The van der Waals surface area contributed by atoms with E-state index in [9.17, 15) is 14.4 Å². The van der Waals surface area contributed by atoms with Crippen molar-refractivity contribution in [1.29, 1.82) is 0 Å². The standard InChI is InChI=1S/2C4H9O.C2H4O2.2C2H3O.Ti/c2*1-2-3-4-5;1-2(3)4;2*1-2-3;/h2*2-4H2,1H3;1H3,(H,3,4);2*1H3;/q2*-1;;;;+3/p-1. The molecule has 0 atom stereocenters. The van der Waals surface area contributed by atoms with Gasteiger partial charge in [0.15, 0.2) is 0 Å². The van der Waals surface area contributed by atoms with Gasteiger partial charge in [-0.1, -0.05) is 0 Å². The van der Waals surface area contributed by atoms with Crippen LogP contribution < -0.4 is 0 Å². The summed E-state index contributed by atoms with van der Waals surface area (Å²) in [5.41, 5.74) is 0. The van der Waals surface area contributed by atoms with E-state index in [-0.39, 0.29) is 13.2 Å². The molecule has 0 aromatic heterocycles. The van der Waals surface area contributed by atoms with Crippen LogP contribution >= 0.6 is 0 Å². The van der Waals surface area contributed by atoms with Crippen LogP contribution in [0.3, 0.4) is 0 Å². The molecule has 0 heterocycles. The zero-order valence-corrected chi connectivity index (χ0v) is 15.3. The third kappa shape index (κ3) is 4.71. The molecule has 0 aliphatic carbocycles. The van der Waals surface area contributed by atoms with Crippen LogP contribution in [0.4, 0.5) is 0 Å². The normalized spacial score (nSPS) is 13.3. The molecule has 6 nitrogen and oxygen atoms in total. The number of unbranched alkanes of at least 4 members (excludes halogenated alkanes) is 2. The minimum atomic E-state index is -5.59. The Kier molecular flexibility index (Phi) is 8.55. The quantitative estimate of drug-likeness (QED) is 0.425. The Balaban J connectivity index is 5.71. The van der Waals surface area contributed by atoms with Crippen molar-refractivity contribution in [2.24, 2.45) is 0 Å². The van der Waals surface area contributed by atoms with Crippen LogP contribution in [0, 0.1) is 0 Å². The van der Waals surface area contributed by atoms with E-state index in [2.05, 4.69) is 0 Å². The van der Waals surface area contributed by atoms with Crippen molar-refractivity contribution in [2.75, 3.05) is 13.2 Å². The van der Waals surface area contributed by atoms with Gasteiger partial charge in [-0.3, -0.25) is 0 Å². The predicted octanol–water partition coefficient (Wildman–Crippen LogP) is 2.71. The molecule has 0 rings (SSSR count). The summed E-state index contributed by atoms with van der Waals surface area (Å²) in [6.07, 6.45) is 2.96. The van der Waals surface area contributed by atoms with Gasteiger partial charge in [0.25, 0.3) is 0 Å². The SMILES string of the molecule is CCCC[O][Ti]([O]CCCC)([O]C(C)=O)([C](C)=O)[C](C)=O. The molecule has 0 aromatic rings. The van der Waals surface area contributed by atoms with E-state index in [1.54, 1.807) is 0 Å². The second-order valence-electron chi connectivity index (χ2n) is 5.10. The summed E-state index contributed by atoms with van der Waals surface area (Å²) >= 11 is -5.59. The molecule has 7 heteroatoms. The van der Waals surface area contributed by atoms with Gasteiger partial charge in [-0.15, -0.1) is 0 Å². The van der Waals surface area contributed by atoms with Gasteiger partial charge in [-0.25, -0.2) is 0 Å². The van der Waals surface area contributed by atoms with E-state index in [1.165, 1.54) is 13.8 Å². The Labute approximate surface area is 128 Å². The molecular weight excluding hydrogens is 312 g/mol. The molecule has 0 fully saturated rings. The molecule has 0 amide bonds. The first kappa shape index (κ1) is 20.4. The van der Waals surface area contributed by atoms with E-state index < -0.39 is 30.6 Å². The number of carbonyl (C=O) groups is 3. The molecule has 0 saturated carbocycles. The number of hydrogen-bond acceptors (Lipinski definition) is 6. The summed E-state index contributed by atoms with van der Waals surface area (Å²) in [6, 6.07) is 0. The van der Waals surface area contributed by atoms with Crippen LogP contribution in [-0.2, 0) is 40.8 Å². The van der Waals surface area contributed by atoms with Crippen molar-refractivity contribution in [3.8, 4) is 0 Å². The first-order valence-electron chi connectivity index (χ1n) is 7.42.